The minimum absolute atomic E-state index is 0.124. The molecule has 0 bridgehead atoms. The quantitative estimate of drug-likeness (QED) is 0.512. The summed E-state index contributed by atoms with van der Waals surface area (Å²) in [6, 6.07) is 13.9. The number of rotatable bonds is 9. The minimum Gasteiger partial charge on any atom is -0.352 e. The average Bonchev–Trinajstić information content (AvgIpc) is 3.28. The van der Waals surface area contributed by atoms with Crippen LogP contribution in [0, 0.1) is 6.92 Å². The van der Waals surface area contributed by atoms with Crippen LogP contribution in [-0.4, -0.2) is 50.0 Å². The van der Waals surface area contributed by atoms with Crippen LogP contribution in [0.2, 0.25) is 0 Å². The molecule has 7 nitrogen and oxygen atoms in total. The molecule has 1 aliphatic carbocycles. The van der Waals surface area contributed by atoms with E-state index in [4.69, 9.17) is 0 Å². The third-order valence-electron chi connectivity index (χ3n) is 6.10. The Morgan fingerprint density at radius 1 is 1.12 bits per heavy atom. The first kappa shape index (κ1) is 26.2. The topological polar surface area (TPSA) is 86.8 Å². The van der Waals surface area contributed by atoms with Crippen LogP contribution in [-0.2, 0) is 26.2 Å². The molecule has 3 rings (SSSR count). The SMILES string of the molecule is Cc1cccc(N(CC(=O)N(Cc2ccc(Br)cc2)[C@@H](C)C(=O)NC2CCCC2)S(C)(=O)=O)c1. The van der Waals surface area contributed by atoms with Crippen LogP contribution in [0.15, 0.2) is 53.0 Å². The maximum Gasteiger partial charge on any atom is 0.244 e. The number of hydrogen-bond acceptors (Lipinski definition) is 4. The molecular formula is C25H32BrN3O4S. The number of sulfonamides is 1. The Kier molecular flexibility index (Phi) is 8.76. The van der Waals surface area contributed by atoms with Gasteiger partial charge in [-0.2, -0.15) is 0 Å². The fourth-order valence-electron chi connectivity index (χ4n) is 4.16. The van der Waals surface area contributed by atoms with Gasteiger partial charge in [-0.3, -0.25) is 13.9 Å². The van der Waals surface area contributed by atoms with Crippen molar-refractivity contribution in [2.45, 2.75) is 58.2 Å². The number of nitrogens with one attached hydrogen (secondary N) is 1. The number of carbonyl (C=O) groups excluding carboxylic acids is 2. The van der Waals surface area contributed by atoms with Gasteiger partial charge in [-0.15, -0.1) is 0 Å². The van der Waals surface area contributed by atoms with Gasteiger partial charge in [-0.25, -0.2) is 8.42 Å². The van der Waals surface area contributed by atoms with Crippen molar-refractivity contribution in [3.63, 3.8) is 0 Å². The van der Waals surface area contributed by atoms with Gasteiger partial charge in [0.1, 0.15) is 12.6 Å². The second-order valence-electron chi connectivity index (χ2n) is 8.92. The largest absolute Gasteiger partial charge is 0.352 e. The summed E-state index contributed by atoms with van der Waals surface area (Å²) in [6.07, 6.45) is 5.13. The highest BCUT2D eigenvalue weighted by molar-refractivity contribution is 9.10. The number of aryl methyl sites for hydroxylation is 1. The zero-order valence-electron chi connectivity index (χ0n) is 19.8. The first-order valence-corrected chi connectivity index (χ1v) is 14.1. The lowest BCUT2D eigenvalue weighted by Gasteiger charge is -2.32. The van der Waals surface area contributed by atoms with E-state index in [0.29, 0.717) is 5.69 Å². The molecule has 0 radical (unpaired) electrons. The number of anilines is 1. The van der Waals surface area contributed by atoms with Crippen molar-refractivity contribution in [1.29, 1.82) is 0 Å². The predicted molar refractivity (Wildman–Crippen MR) is 138 cm³/mol. The first-order valence-electron chi connectivity index (χ1n) is 11.4. The van der Waals surface area contributed by atoms with Gasteiger partial charge < -0.3 is 10.2 Å². The Balaban J connectivity index is 1.87. The Bertz CT molecular complexity index is 1120. The zero-order valence-corrected chi connectivity index (χ0v) is 22.2. The van der Waals surface area contributed by atoms with Crippen LogP contribution in [0.4, 0.5) is 5.69 Å². The van der Waals surface area contributed by atoms with E-state index in [1.54, 1.807) is 25.1 Å². The zero-order chi connectivity index (χ0) is 24.9. The highest BCUT2D eigenvalue weighted by Gasteiger charge is 2.31. The van der Waals surface area contributed by atoms with Crippen LogP contribution >= 0.6 is 15.9 Å². The maximum absolute atomic E-state index is 13.5. The fraction of sp³-hybridized carbons (Fsp3) is 0.440. The van der Waals surface area contributed by atoms with Crippen molar-refractivity contribution in [2.75, 3.05) is 17.1 Å². The molecule has 0 heterocycles. The molecule has 1 N–H and O–H groups in total. The van der Waals surface area contributed by atoms with Crippen molar-refractivity contribution in [2.24, 2.45) is 0 Å². The number of benzene rings is 2. The second-order valence-corrected chi connectivity index (χ2v) is 11.7. The van der Waals surface area contributed by atoms with E-state index >= 15 is 0 Å². The lowest BCUT2D eigenvalue weighted by molar-refractivity contribution is -0.139. The van der Waals surface area contributed by atoms with Gasteiger partial charge in [0.25, 0.3) is 0 Å². The average molecular weight is 551 g/mol. The highest BCUT2D eigenvalue weighted by Crippen LogP contribution is 2.22. The Morgan fingerprint density at radius 3 is 2.35 bits per heavy atom. The number of nitrogens with zero attached hydrogens (tertiary/aromatic N) is 2. The molecule has 0 aromatic heterocycles. The summed E-state index contributed by atoms with van der Waals surface area (Å²) in [6.45, 7) is 3.36. The molecule has 1 fully saturated rings. The van der Waals surface area contributed by atoms with Crippen LogP contribution in [0.1, 0.15) is 43.7 Å². The maximum atomic E-state index is 13.5. The lowest BCUT2D eigenvalue weighted by Crippen LogP contribution is -2.52. The Labute approximate surface area is 210 Å². The molecule has 2 aromatic carbocycles. The van der Waals surface area contributed by atoms with E-state index in [2.05, 4.69) is 21.2 Å². The summed E-state index contributed by atoms with van der Waals surface area (Å²) < 4.78 is 27.2. The van der Waals surface area contributed by atoms with E-state index < -0.39 is 22.0 Å². The van der Waals surface area contributed by atoms with Crippen LogP contribution in [0.3, 0.4) is 0 Å². The van der Waals surface area contributed by atoms with Crippen LogP contribution < -0.4 is 9.62 Å². The molecule has 0 spiro atoms. The number of halogens is 1. The van der Waals surface area contributed by atoms with Crippen molar-refractivity contribution in [3.05, 3.63) is 64.1 Å². The molecule has 34 heavy (non-hydrogen) atoms. The lowest BCUT2D eigenvalue weighted by atomic mass is 10.1. The molecule has 9 heteroatoms. The molecule has 1 atom stereocenters. The molecule has 1 saturated carbocycles. The van der Waals surface area contributed by atoms with Gasteiger partial charge in [0.05, 0.1) is 11.9 Å². The smallest absolute Gasteiger partial charge is 0.244 e. The Hall–Kier alpha value is -2.39. The van der Waals surface area contributed by atoms with Crippen molar-refractivity contribution < 1.29 is 18.0 Å². The Morgan fingerprint density at radius 2 is 1.76 bits per heavy atom. The molecule has 0 aliphatic heterocycles. The van der Waals surface area contributed by atoms with Gasteiger partial charge in [0.2, 0.25) is 21.8 Å². The molecular weight excluding hydrogens is 518 g/mol. The summed E-state index contributed by atoms with van der Waals surface area (Å²) in [5.74, 6) is -0.664. The van der Waals surface area contributed by atoms with Crippen LogP contribution in [0.25, 0.3) is 0 Å². The summed E-state index contributed by atoms with van der Waals surface area (Å²) in [7, 11) is -3.73. The standard InChI is InChI=1S/C25H32BrN3O4S/c1-18-7-6-10-23(15-18)29(34(3,32)33)17-24(30)28(16-20-11-13-21(26)14-12-20)19(2)25(31)27-22-8-4-5-9-22/h6-7,10-15,19,22H,4-5,8-9,16-17H2,1-3H3,(H,27,31)/t19-/m0/s1. The van der Waals surface area contributed by atoms with Gasteiger partial charge >= 0.3 is 0 Å². The monoisotopic (exact) mass is 549 g/mol. The third kappa shape index (κ3) is 7.06. The summed E-state index contributed by atoms with van der Waals surface area (Å²) in [5.41, 5.74) is 2.15. The van der Waals surface area contributed by atoms with E-state index in [1.807, 2.05) is 37.3 Å². The summed E-state index contributed by atoms with van der Waals surface area (Å²) in [4.78, 5) is 28.0. The van der Waals surface area contributed by atoms with E-state index in [0.717, 1.165) is 51.8 Å². The van der Waals surface area contributed by atoms with E-state index in [1.165, 1.54) is 4.90 Å². The highest BCUT2D eigenvalue weighted by atomic mass is 79.9. The molecule has 2 amide bonds. The van der Waals surface area contributed by atoms with Crippen molar-refractivity contribution in [1.82, 2.24) is 10.2 Å². The molecule has 184 valence electrons. The minimum atomic E-state index is -3.73. The predicted octanol–water partition coefficient (Wildman–Crippen LogP) is 4.00. The second kappa shape index (κ2) is 11.4. The number of amides is 2. The number of hydrogen-bond donors (Lipinski definition) is 1. The summed E-state index contributed by atoms with van der Waals surface area (Å²) >= 11 is 3.41. The van der Waals surface area contributed by atoms with Gasteiger partial charge in [0, 0.05) is 17.1 Å². The van der Waals surface area contributed by atoms with E-state index in [9.17, 15) is 18.0 Å². The molecule has 2 aromatic rings. The number of carbonyl (C=O) groups is 2. The van der Waals surface area contributed by atoms with Gasteiger partial charge in [-0.1, -0.05) is 53.0 Å². The molecule has 0 saturated heterocycles. The summed E-state index contributed by atoms with van der Waals surface area (Å²) in [5, 5.41) is 3.06. The fourth-order valence-corrected chi connectivity index (χ4v) is 5.26. The van der Waals surface area contributed by atoms with Gasteiger partial charge in [0.15, 0.2) is 0 Å². The van der Waals surface area contributed by atoms with E-state index in [-0.39, 0.29) is 25.0 Å². The van der Waals surface area contributed by atoms with Gasteiger partial charge in [-0.05, 0) is 62.1 Å². The molecule has 1 aliphatic rings. The van der Waals surface area contributed by atoms with Crippen molar-refractivity contribution in [3.8, 4) is 0 Å². The first-order chi connectivity index (χ1) is 16.0. The van der Waals surface area contributed by atoms with Crippen molar-refractivity contribution >= 4 is 43.5 Å². The third-order valence-corrected chi connectivity index (χ3v) is 7.77. The molecule has 0 unspecified atom stereocenters. The van der Waals surface area contributed by atoms with Crippen LogP contribution in [0.5, 0.6) is 0 Å². The normalized spacial score (nSPS) is 15.1.